The Morgan fingerprint density at radius 1 is 0.388 bits per heavy atom. The number of hydrogen-bond donors (Lipinski definition) is 0. The Bertz CT molecular complexity index is 2880. The Morgan fingerprint density at radius 2 is 1.06 bits per heavy atom. The van der Waals surface area contributed by atoms with Gasteiger partial charge in [-0.3, -0.25) is 4.98 Å². The van der Waals surface area contributed by atoms with Crippen molar-refractivity contribution in [3.05, 3.63) is 158 Å². The van der Waals surface area contributed by atoms with Crippen LogP contribution >= 0.6 is 0 Å². The highest BCUT2D eigenvalue weighted by molar-refractivity contribution is 6.23. The molecule has 5 nitrogen and oxygen atoms in total. The highest BCUT2D eigenvalue weighted by Gasteiger charge is 2.18. The van der Waals surface area contributed by atoms with Gasteiger partial charge >= 0.3 is 0 Å². The molecule has 3 heterocycles. The van der Waals surface area contributed by atoms with E-state index in [0.717, 1.165) is 55.1 Å². The van der Waals surface area contributed by atoms with Crippen LogP contribution in [0.25, 0.3) is 99.5 Å². The van der Waals surface area contributed by atoms with Crippen molar-refractivity contribution in [2.24, 2.45) is 0 Å². The van der Waals surface area contributed by atoms with Crippen molar-refractivity contribution in [3.63, 3.8) is 0 Å². The maximum atomic E-state index is 6.20. The van der Waals surface area contributed by atoms with Gasteiger partial charge in [0.15, 0.2) is 17.5 Å². The van der Waals surface area contributed by atoms with Gasteiger partial charge in [-0.25, -0.2) is 15.0 Å². The Hall–Kier alpha value is -6.72. The van der Waals surface area contributed by atoms with Crippen molar-refractivity contribution in [3.8, 4) is 45.3 Å². The largest absolute Gasteiger partial charge is 0.456 e. The van der Waals surface area contributed by atoms with Gasteiger partial charge in [0.1, 0.15) is 11.2 Å². The van der Waals surface area contributed by atoms with E-state index in [1.807, 2.05) is 73.1 Å². The molecule has 0 N–H and O–H groups in total. The van der Waals surface area contributed by atoms with Gasteiger partial charge in [-0.1, -0.05) is 121 Å². The summed E-state index contributed by atoms with van der Waals surface area (Å²) in [7, 11) is 0. The Labute approximate surface area is 281 Å². The molecule has 0 aliphatic heterocycles. The lowest BCUT2D eigenvalue weighted by atomic mass is 9.91. The molecule has 0 atom stereocenters. The molecule has 5 heteroatoms. The Morgan fingerprint density at radius 3 is 1.92 bits per heavy atom. The predicted octanol–water partition coefficient (Wildman–Crippen LogP) is 11.3. The van der Waals surface area contributed by atoms with Gasteiger partial charge in [0, 0.05) is 45.2 Å². The quantitative estimate of drug-likeness (QED) is 0.182. The van der Waals surface area contributed by atoms with Crippen LogP contribution in [0.5, 0.6) is 0 Å². The van der Waals surface area contributed by atoms with Crippen LogP contribution in [0, 0.1) is 0 Å². The minimum absolute atomic E-state index is 0.602. The molecule has 0 bridgehead atoms. The molecule has 3 aromatic heterocycles. The second-order valence-corrected chi connectivity index (χ2v) is 12.3. The molecule has 10 aromatic rings. The van der Waals surface area contributed by atoms with Crippen molar-refractivity contribution in [2.75, 3.05) is 0 Å². The number of hydrogen-bond acceptors (Lipinski definition) is 5. The van der Waals surface area contributed by atoms with E-state index in [0.29, 0.717) is 17.5 Å². The Kier molecular flexibility index (Phi) is 6.11. The fourth-order valence-electron chi connectivity index (χ4n) is 7.11. The third-order valence-corrected chi connectivity index (χ3v) is 9.41. The smallest absolute Gasteiger partial charge is 0.164 e. The Balaban J connectivity index is 1.14. The number of aromatic nitrogens is 4. The van der Waals surface area contributed by atoms with Crippen molar-refractivity contribution < 1.29 is 4.42 Å². The van der Waals surface area contributed by atoms with E-state index in [1.54, 1.807) is 0 Å². The lowest BCUT2D eigenvalue weighted by molar-refractivity contribution is 0.669. The number of benzene rings is 7. The first-order valence-electron chi connectivity index (χ1n) is 16.3. The van der Waals surface area contributed by atoms with Crippen LogP contribution in [0.2, 0.25) is 0 Å². The van der Waals surface area contributed by atoms with Gasteiger partial charge in [0.25, 0.3) is 0 Å². The molecule has 0 spiro atoms. The van der Waals surface area contributed by atoms with Crippen LogP contribution in [-0.4, -0.2) is 19.9 Å². The minimum Gasteiger partial charge on any atom is -0.456 e. The van der Waals surface area contributed by atoms with E-state index in [1.165, 1.54) is 26.9 Å². The number of rotatable bonds is 4. The fraction of sp³-hybridized carbons (Fsp3) is 0. The van der Waals surface area contributed by atoms with Gasteiger partial charge in [-0.05, 0) is 62.3 Å². The van der Waals surface area contributed by atoms with Crippen molar-refractivity contribution in [2.45, 2.75) is 0 Å². The normalized spacial score (nSPS) is 11.7. The second-order valence-electron chi connectivity index (χ2n) is 12.3. The summed E-state index contributed by atoms with van der Waals surface area (Å²) in [5.74, 6) is 1.83. The van der Waals surface area contributed by atoms with Gasteiger partial charge in [-0.2, -0.15) is 0 Å². The van der Waals surface area contributed by atoms with Gasteiger partial charge in [-0.15, -0.1) is 0 Å². The lowest BCUT2D eigenvalue weighted by Gasteiger charge is -2.13. The average molecular weight is 627 g/mol. The summed E-state index contributed by atoms with van der Waals surface area (Å²) in [6.07, 6.45) is 3.86. The van der Waals surface area contributed by atoms with Crippen LogP contribution in [0.15, 0.2) is 162 Å². The zero-order chi connectivity index (χ0) is 32.3. The first kappa shape index (κ1) is 27.4. The summed E-state index contributed by atoms with van der Waals surface area (Å²) >= 11 is 0. The lowest BCUT2D eigenvalue weighted by Crippen LogP contribution is -2.00. The minimum atomic E-state index is 0.602. The molecule has 0 saturated heterocycles. The molecule has 0 amide bonds. The van der Waals surface area contributed by atoms with Gasteiger partial charge in [0.05, 0.1) is 0 Å². The van der Waals surface area contributed by atoms with Crippen LogP contribution in [-0.2, 0) is 0 Å². The second kappa shape index (κ2) is 10.9. The van der Waals surface area contributed by atoms with Crippen molar-refractivity contribution in [1.82, 2.24) is 19.9 Å². The standard InChI is InChI=1S/C44H26N4O/c1-2-10-29(11-3-1)42-46-43(48-44(47-42)35-14-8-16-39-41(35)34-13-6-7-15-38(34)49-39)30-20-17-28(18-21-30)36-25-31-22-19-27-9-4-5-12-32(27)40(31)37-26-45-24-23-33(36)37/h1-26H. The maximum absolute atomic E-state index is 6.20. The molecular weight excluding hydrogens is 601 g/mol. The summed E-state index contributed by atoms with van der Waals surface area (Å²) in [5, 5.41) is 9.22. The van der Waals surface area contributed by atoms with Gasteiger partial charge < -0.3 is 4.42 Å². The van der Waals surface area contributed by atoms with E-state index in [4.69, 9.17) is 19.4 Å². The zero-order valence-electron chi connectivity index (χ0n) is 26.2. The topological polar surface area (TPSA) is 64.7 Å². The van der Waals surface area contributed by atoms with Crippen LogP contribution in [0.1, 0.15) is 0 Å². The summed E-state index contributed by atoms with van der Waals surface area (Å²) < 4.78 is 6.20. The summed E-state index contributed by atoms with van der Waals surface area (Å²) in [5.41, 5.74) is 6.65. The molecule has 10 rings (SSSR count). The molecular formula is C44H26N4O. The zero-order valence-corrected chi connectivity index (χ0v) is 26.2. The number of nitrogens with zero attached hydrogens (tertiary/aromatic N) is 4. The molecule has 0 aliphatic carbocycles. The molecule has 0 saturated carbocycles. The number of para-hydroxylation sites is 1. The fourth-order valence-corrected chi connectivity index (χ4v) is 7.11. The predicted molar refractivity (Wildman–Crippen MR) is 199 cm³/mol. The molecule has 0 unspecified atom stereocenters. The molecule has 0 radical (unpaired) electrons. The first-order chi connectivity index (χ1) is 24.3. The van der Waals surface area contributed by atoms with Gasteiger partial charge in [0.2, 0.25) is 0 Å². The highest BCUT2D eigenvalue weighted by Crippen LogP contribution is 2.39. The van der Waals surface area contributed by atoms with Crippen LogP contribution in [0.3, 0.4) is 0 Å². The molecule has 7 aromatic carbocycles. The van der Waals surface area contributed by atoms with E-state index in [2.05, 4.69) is 89.9 Å². The highest BCUT2D eigenvalue weighted by atomic mass is 16.3. The molecule has 228 valence electrons. The summed E-state index contributed by atoms with van der Waals surface area (Å²) in [4.78, 5) is 19.6. The number of furan rings is 1. The number of pyridine rings is 1. The maximum Gasteiger partial charge on any atom is 0.164 e. The third-order valence-electron chi connectivity index (χ3n) is 9.41. The first-order valence-corrected chi connectivity index (χ1v) is 16.3. The monoisotopic (exact) mass is 626 g/mol. The van der Waals surface area contributed by atoms with E-state index in [-0.39, 0.29) is 0 Å². The number of fused-ring (bicyclic) bond motifs is 8. The summed E-state index contributed by atoms with van der Waals surface area (Å²) in [6.45, 7) is 0. The summed E-state index contributed by atoms with van der Waals surface area (Å²) in [6, 6.07) is 50.1. The van der Waals surface area contributed by atoms with Crippen LogP contribution < -0.4 is 0 Å². The third kappa shape index (κ3) is 4.48. The average Bonchev–Trinajstić information content (AvgIpc) is 3.57. The van der Waals surface area contributed by atoms with E-state index in [9.17, 15) is 0 Å². The molecule has 49 heavy (non-hydrogen) atoms. The van der Waals surface area contributed by atoms with Crippen LogP contribution in [0.4, 0.5) is 0 Å². The molecule has 0 fully saturated rings. The van der Waals surface area contributed by atoms with Crippen molar-refractivity contribution in [1.29, 1.82) is 0 Å². The van der Waals surface area contributed by atoms with E-state index >= 15 is 0 Å². The SMILES string of the molecule is c1ccc(-c2nc(-c3ccc(-c4cc5ccc6ccccc6c5c5cnccc45)cc3)nc(-c3cccc4oc5ccccc5c34)n2)cc1. The molecule has 0 aliphatic rings. The van der Waals surface area contributed by atoms with Crippen molar-refractivity contribution >= 4 is 54.3 Å². The van der Waals surface area contributed by atoms with E-state index < -0.39 is 0 Å².